The van der Waals surface area contributed by atoms with Crippen molar-refractivity contribution in [3.63, 3.8) is 0 Å². The summed E-state index contributed by atoms with van der Waals surface area (Å²) < 4.78 is 12.8. The lowest BCUT2D eigenvalue weighted by atomic mass is 10.2. The van der Waals surface area contributed by atoms with E-state index in [1.807, 2.05) is 0 Å². The average Bonchev–Trinajstić information content (AvgIpc) is 2.54. The first kappa shape index (κ1) is 19.2. The number of hydrazone groups is 1. The number of carbonyl (C=O) groups is 1. The monoisotopic (exact) mass is 401 g/mol. The number of halogens is 4. The molecule has 0 unspecified atom stereocenters. The van der Waals surface area contributed by atoms with Crippen molar-refractivity contribution >= 4 is 58.4 Å². The molecule has 0 heterocycles. The van der Waals surface area contributed by atoms with Crippen LogP contribution < -0.4 is 5.43 Å². The third kappa shape index (κ3) is 5.70. The van der Waals surface area contributed by atoms with E-state index in [0.717, 1.165) is 12.1 Å². The minimum Gasteiger partial charge on any atom is -0.313 e. The number of nitrogens with one attached hydrogen (secondary N) is 1. The molecule has 0 amide bonds. The number of carbonyl (C=O) groups excluding carboxylic acids is 1. The van der Waals surface area contributed by atoms with Crippen LogP contribution in [0.5, 0.6) is 0 Å². The molecular weight excluding hydrogens is 392 g/mol. The average molecular weight is 403 g/mol. The summed E-state index contributed by atoms with van der Waals surface area (Å²) in [6, 6.07) is 7.91. The Balaban J connectivity index is 1.96. The Morgan fingerprint density at radius 2 is 1.76 bits per heavy atom. The zero-order chi connectivity index (χ0) is 18.4. The van der Waals surface area contributed by atoms with Crippen LogP contribution in [0.25, 0.3) is 0 Å². The van der Waals surface area contributed by atoms with Crippen LogP contribution in [-0.2, 0) is 4.84 Å². The van der Waals surface area contributed by atoms with Gasteiger partial charge in [-0.25, -0.2) is 9.18 Å². The quantitative estimate of drug-likeness (QED) is 0.413. The molecule has 0 radical (unpaired) electrons. The molecule has 2 rings (SSSR count). The first-order valence-electron chi connectivity index (χ1n) is 6.82. The van der Waals surface area contributed by atoms with Gasteiger partial charge in [0.15, 0.2) is 0 Å². The van der Waals surface area contributed by atoms with Gasteiger partial charge in [-0.15, -0.1) is 0 Å². The van der Waals surface area contributed by atoms with Gasteiger partial charge in [-0.3, -0.25) is 5.43 Å². The summed E-state index contributed by atoms with van der Waals surface area (Å²) >= 11 is 17.8. The Labute approximate surface area is 158 Å². The van der Waals surface area contributed by atoms with Gasteiger partial charge in [0.05, 0.1) is 33.2 Å². The predicted molar refractivity (Wildman–Crippen MR) is 98.5 cm³/mol. The second-order valence-corrected chi connectivity index (χ2v) is 5.98. The standard InChI is InChI=1S/C16H11Cl3FN3O2/c1-9(22-23-15-13(18)6-11(17)7-14(15)19)8-21-25-16(24)10-2-4-12(20)5-3-10/h2-8,23H,1H3/b21-8-,22-9?. The Morgan fingerprint density at radius 3 is 2.36 bits per heavy atom. The van der Waals surface area contributed by atoms with E-state index in [1.54, 1.807) is 6.92 Å². The molecule has 0 spiro atoms. The van der Waals surface area contributed by atoms with Crippen molar-refractivity contribution in [2.24, 2.45) is 10.3 Å². The fraction of sp³-hybridized carbons (Fsp3) is 0.0625. The molecule has 9 heteroatoms. The van der Waals surface area contributed by atoms with E-state index in [9.17, 15) is 9.18 Å². The van der Waals surface area contributed by atoms with Gasteiger partial charge in [0.2, 0.25) is 0 Å². The van der Waals surface area contributed by atoms with Crippen LogP contribution in [0.2, 0.25) is 15.1 Å². The first-order valence-corrected chi connectivity index (χ1v) is 7.95. The highest BCUT2D eigenvalue weighted by molar-refractivity contribution is 6.41. The molecule has 2 aromatic rings. The van der Waals surface area contributed by atoms with Crippen LogP contribution in [-0.4, -0.2) is 17.9 Å². The van der Waals surface area contributed by atoms with Gasteiger partial charge >= 0.3 is 5.97 Å². The van der Waals surface area contributed by atoms with Crippen LogP contribution in [0.4, 0.5) is 10.1 Å². The third-order valence-electron chi connectivity index (χ3n) is 2.81. The lowest BCUT2D eigenvalue weighted by Gasteiger charge is -2.06. The Hall–Kier alpha value is -2.15. The summed E-state index contributed by atoms with van der Waals surface area (Å²) in [6.45, 7) is 1.61. The van der Waals surface area contributed by atoms with Gasteiger partial charge < -0.3 is 4.84 Å². The van der Waals surface area contributed by atoms with Crippen LogP contribution >= 0.6 is 34.8 Å². The van der Waals surface area contributed by atoms with Crippen LogP contribution in [0.1, 0.15) is 17.3 Å². The highest BCUT2D eigenvalue weighted by Gasteiger charge is 2.08. The minimum atomic E-state index is -0.721. The molecule has 0 aliphatic rings. The maximum atomic E-state index is 12.8. The number of hydrogen-bond acceptors (Lipinski definition) is 5. The van der Waals surface area contributed by atoms with Crippen LogP contribution in [0.15, 0.2) is 46.7 Å². The lowest BCUT2D eigenvalue weighted by molar-refractivity contribution is 0.0520. The van der Waals surface area contributed by atoms with Crippen molar-refractivity contribution < 1.29 is 14.0 Å². The molecule has 2 aromatic carbocycles. The number of anilines is 1. The van der Waals surface area contributed by atoms with Crippen molar-refractivity contribution in [2.45, 2.75) is 6.92 Å². The maximum Gasteiger partial charge on any atom is 0.365 e. The second kappa shape index (κ2) is 8.80. The molecule has 0 aliphatic carbocycles. The maximum absolute atomic E-state index is 12.8. The summed E-state index contributed by atoms with van der Waals surface area (Å²) in [7, 11) is 0. The Morgan fingerprint density at radius 1 is 1.16 bits per heavy atom. The van der Waals surface area contributed by atoms with E-state index in [1.165, 1.54) is 30.5 Å². The molecule has 0 bridgehead atoms. The second-order valence-electron chi connectivity index (χ2n) is 4.73. The molecular formula is C16H11Cl3FN3O2. The summed E-state index contributed by atoms with van der Waals surface area (Å²) in [5.41, 5.74) is 3.61. The summed E-state index contributed by atoms with van der Waals surface area (Å²) in [5, 5.41) is 8.50. The number of nitrogens with zero attached hydrogens (tertiary/aromatic N) is 2. The van der Waals surface area contributed by atoms with Gasteiger partial charge in [-0.1, -0.05) is 40.0 Å². The summed E-state index contributed by atoms with van der Waals surface area (Å²) in [4.78, 5) is 16.4. The molecule has 0 atom stereocenters. The lowest BCUT2D eigenvalue weighted by Crippen LogP contribution is -2.04. The van der Waals surface area contributed by atoms with Gasteiger partial charge in [0.1, 0.15) is 5.82 Å². The smallest absolute Gasteiger partial charge is 0.313 e. The zero-order valence-corrected chi connectivity index (χ0v) is 15.0. The molecule has 0 aromatic heterocycles. The molecule has 0 saturated carbocycles. The van der Waals surface area contributed by atoms with E-state index in [-0.39, 0.29) is 5.56 Å². The number of oxime groups is 1. The van der Waals surface area contributed by atoms with Crippen molar-refractivity contribution in [1.29, 1.82) is 0 Å². The van der Waals surface area contributed by atoms with Crippen molar-refractivity contribution in [2.75, 3.05) is 5.43 Å². The van der Waals surface area contributed by atoms with E-state index in [4.69, 9.17) is 34.8 Å². The Bertz CT molecular complexity index is 816. The minimum absolute atomic E-state index is 0.172. The van der Waals surface area contributed by atoms with Crippen LogP contribution in [0.3, 0.4) is 0 Å². The number of benzene rings is 2. The van der Waals surface area contributed by atoms with E-state index >= 15 is 0 Å². The molecule has 5 nitrogen and oxygen atoms in total. The fourth-order valence-corrected chi connectivity index (χ4v) is 2.51. The Kier molecular flexibility index (Phi) is 6.75. The normalized spacial score (nSPS) is 11.6. The van der Waals surface area contributed by atoms with Gasteiger partial charge in [0.25, 0.3) is 0 Å². The highest BCUT2D eigenvalue weighted by atomic mass is 35.5. The topological polar surface area (TPSA) is 63.0 Å². The van der Waals surface area contributed by atoms with Crippen LogP contribution in [0, 0.1) is 5.82 Å². The summed E-state index contributed by atoms with van der Waals surface area (Å²) in [6.07, 6.45) is 1.21. The molecule has 1 N–H and O–H groups in total. The van der Waals surface area contributed by atoms with Gasteiger partial charge in [-0.2, -0.15) is 5.10 Å². The highest BCUT2D eigenvalue weighted by Crippen LogP contribution is 2.33. The molecule has 0 saturated heterocycles. The van der Waals surface area contributed by atoms with Crippen molar-refractivity contribution in [1.82, 2.24) is 0 Å². The van der Waals surface area contributed by atoms with Crippen molar-refractivity contribution in [3.05, 3.63) is 62.8 Å². The molecule has 25 heavy (non-hydrogen) atoms. The van der Waals surface area contributed by atoms with E-state index < -0.39 is 11.8 Å². The number of hydrogen-bond donors (Lipinski definition) is 1. The molecule has 0 fully saturated rings. The molecule has 130 valence electrons. The zero-order valence-electron chi connectivity index (χ0n) is 12.8. The van der Waals surface area contributed by atoms with Crippen molar-refractivity contribution in [3.8, 4) is 0 Å². The van der Waals surface area contributed by atoms with E-state index in [0.29, 0.717) is 26.5 Å². The number of rotatable bonds is 5. The molecule has 0 aliphatic heterocycles. The van der Waals surface area contributed by atoms with E-state index in [2.05, 4.69) is 20.5 Å². The predicted octanol–water partition coefficient (Wildman–Crippen LogP) is 5.42. The third-order valence-corrected chi connectivity index (χ3v) is 3.62. The largest absolute Gasteiger partial charge is 0.365 e. The van der Waals surface area contributed by atoms with Gasteiger partial charge in [0, 0.05) is 5.02 Å². The SMILES string of the molecule is CC(/C=N\OC(=O)c1ccc(F)cc1)=NNc1c(Cl)cc(Cl)cc1Cl. The first-order chi connectivity index (χ1) is 11.9. The summed E-state index contributed by atoms with van der Waals surface area (Å²) in [5.74, 6) is -1.17. The fourth-order valence-electron chi connectivity index (χ4n) is 1.61. The van der Waals surface area contributed by atoms with Gasteiger partial charge in [-0.05, 0) is 43.3 Å².